The van der Waals surface area contributed by atoms with Crippen LogP contribution in [0.4, 0.5) is 11.6 Å². The molecule has 3 heterocycles. The number of aromatic nitrogens is 5. The van der Waals surface area contributed by atoms with E-state index in [2.05, 4.69) is 77.0 Å². The van der Waals surface area contributed by atoms with Crippen LogP contribution in [0.25, 0.3) is 26.9 Å². The second-order valence-corrected chi connectivity index (χ2v) is 10.9. The molecule has 2 aromatic carbocycles. The fourth-order valence-electron chi connectivity index (χ4n) is 4.22. The van der Waals surface area contributed by atoms with E-state index in [-0.39, 0.29) is 23.0 Å². The Morgan fingerprint density at radius 3 is 2.54 bits per heavy atom. The first-order valence-corrected chi connectivity index (χ1v) is 13.1. The minimum Gasteiger partial charge on any atom is -0.439 e. The highest BCUT2D eigenvalue weighted by atomic mass is 16.5. The van der Waals surface area contributed by atoms with E-state index < -0.39 is 0 Å². The first-order valence-electron chi connectivity index (χ1n) is 13.1. The number of nitrogens with zero attached hydrogens (tertiary/aromatic N) is 8. The molecule has 5 aromatic rings. The molecule has 3 aromatic heterocycles. The van der Waals surface area contributed by atoms with Crippen LogP contribution in [0.15, 0.2) is 78.4 Å². The van der Waals surface area contributed by atoms with Gasteiger partial charge in [0.2, 0.25) is 5.88 Å². The Labute approximate surface area is 236 Å². The number of anilines is 1. The van der Waals surface area contributed by atoms with Gasteiger partial charge in [-0.25, -0.2) is 14.6 Å². The van der Waals surface area contributed by atoms with E-state index in [0.29, 0.717) is 33.8 Å². The quantitative estimate of drug-likeness (QED) is 0.126. The normalized spacial score (nSPS) is 11.4. The summed E-state index contributed by atoms with van der Waals surface area (Å²) in [5, 5.41) is 12.8. The average Bonchev–Trinajstić information content (AvgIpc) is 3.37. The van der Waals surface area contributed by atoms with E-state index >= 15 is 0 Å². The summed E-state index contributed by atoms with van der Waals surface area (Å²) in [6.07, 6.45) is 4.44. The molecule has 0 saturated heterocycles. The van der Waals surface area contributed by atoms with Crippen molar-refractivity contribution < 1.29 is 9.53 Å². The number of carbonyl (C=O) groups excluding carboxylic acids is 1. The largest absolute Gasteiger partial charge is 0.439 e. The Balaban J connectivity index is 1.45. The average molecular weight is 548 g/mol. The molecule has 0 aliphatic rings. The van der Waals surface area contributed by atoms with E-state index in [9.17, 15) is 4.79 Å². The zero-order chi connectivity index (χ0) is 29.1. The van der Waals surface area contributed by atoms with E-state index in [1.807, 2.05) is 18.2 Å². The summed E-state index contributed by atoms with van der Waals surface area (Å²) in [7, 11) is 0. The predicted octanol–water partition coefficient (Wildman–Crippen LogP) is 7.62. The lowest BCUT2D eigenvalue weighted by Gasteiger charge is -2.14. The van der Waals surface area contributed by atoms with Gasteiger partial charge in [0, 0.05) is 40.2 Å². The lowest BCUT2D eigenvalue weighted by Crippen LogP contribution is -2.16. The third kappa shape index (κ3) is 6.00. The van der Waals surface area contributed by atoms with Gasteiger partial charge in [0.25, 0.3) is 5.91 Å². The predicted molar refractivity (Wildman–Crippen MR) is 157 cm³/mol. The van der Waals surface area contributed by atoms with Gasteiger partial charge in [0.05, 0.1) is 16.9 Å². The van der Waals surface area contributed by atoms with Crippen molar-refractivity contribution in [2.24, 2.45) is 5.11 Å². The maximum absolute atomic E-state index is 13.6. The number of ether oxygens (including phenoxy) is 1. The van der Waals surface area contributed by atoms with Crippen LogP contribution in [-0.4, -0.2) is 30.6 Å². The van der Waals surface area contributed by atoms with Crippen LogP contribution < -0.4 is 10.1 Å². The summed E-state index contributed by atoms with van der Waals surface area (Å²) in [6.45, 7) is 10.6. The molecule has 11 nitrogen and oxygen atoms in total. The van der Waals surface area contributed by atoms with Crippen molar-refractivity contribution in [1.29, 1.82) is 0 Å². The second-order valence-electron chi connectivity index (χ2n) is 10.9. The monoisotopic (exact) mass is 547 g/mol. The molecule has 0 saturated carbocycles. The fourth-order valence-corrected chi connectivity index (χ4v) is 4.22. The van der Waals surface area contributed by atoms with Gasteiger partial charge < -0.3 is 10.1 Å². The number of pyridine rings is 1. The maximum Gasteiger partial charge on any atom is 0.259 e. The Morgan fingerprint density at radius 1 is 1.05 bits per heavy atom. The van der Waals surface area contributed by atoms with Crippen molar-refractivity contribution in [3.8, 4) is 17.3 Å². The summed E-state index contributed by atoms with van der Waals surface area (Å²) < 4.78 is 7.58. The minimum absolute atomic E-state index is 0.142. The molecule has 5 rings (SSSR count). The summed E-state index contributed by atoms with van der Waals surface area (Å²) in [5.41, 5.74) is 11.8. The Morgan fingerprint density at radius 2 is 1.83 bits per heavy atom. The first-order chi connectivity index (χ1) is 19.6. The van der Waals surface area contributed by atoms with Crippen LogP contribution >= 0.6 is 0 Å². The minimum atomic E-state index is -0.313. The number of hydrogen-bond acceptors (Lipinski definition) is 7. The van der Waals surface area contributed by atoms with Gasteiger partial charge in [-0.3, -0.25) is 9.78 Å². The Bertz CT molecular complexity index is 1780. The highest BCUT2D eigenvalue weighted by Gasteiger charge is 2.22. The fraction of sp³-hybridized carbons (Fsp3) is 0.233. The van der Waals surface area contributed by atoms with Crippen molar-refractivity contribution in [3.05, 3.63) is 101 Å². The molecule has 0 aliphatic carbocycles. The molecule has 0 fully saturated rings. The smallest absolute Gasteiger partial charge is 0.259 e. The summed E-state index contributed by atoms with van der Waals surface area (Å²) in [5.74, 6) is 1.49. The lowest BCUT2D eigenvalue weighted by atomic mass is 9.92. The number of rotatable bonds is 7. The van der Waals surface area contributed by atoms with Crippen LogP contribution in [0.3, 0.4) is 0 Å². The molecule has 1 amide bonds. The number of nitrogens with one attached hydrogen (secondary N) is 1. The standard InChI is InChI=1S/C30H29N9O2/c1-18(2)19-6-8-21(9-7-19)39-27(13-25(37-39)30(3,4)5)35-29(40)24-16-32-15-20-12-22(10-11-23(20)24)41-28-14-26(36-38-31)33-17-34-28/h6-18H,1-5H3,(H,35,40). The molecular formula is C30H29N9O2. The number of benzene rings is 2. The molecule has 0 atom stereocenters. The van der Waals surface area contributed by atoms with Gasteiger partial charge in [0.15, 0.2) is 0 Å². The third-order valence-electron chi connectivity index (χ3n) is 6.50. The molecule has 0 aliphatic heterocycles. The Kier molecular flexibility index (Phi) is 7.37. The van der Waals surface area contributed by atoms with E-state index in [0.717, 1.165) is 11.4 Å². The topological polar surface area (TPSA) is 144 Å². The van der Waals surface area contributed by atoms with Gasteiger partial charge >= 0.3 is 0 Å². The zero-order valence-electron chi connectivity index (χ0n) is 23.4. The number of azide groups is 1. The number of amides is 1. The third-order valence-corrected chi connectivity index (χ3v) is 6.50. The number of hydrogen-bond donors (Lipinski definition) is 1. The van der Waals surface area contributed by atoms with Crippen molar-refractivity contribution in [3.63, 3.8) is 0 Å². The molecule has 1 N–H and O–H groups in total. The molecule has 0 bridgehead atoms. The van der Waals surface area contributed by atoms with Gasteiger partial charge in [-0.05, 0) is 57.8 Å². The van der Waals surface area contributed by atoms with Crippen LogP contribution in [0.5, 0.6) is 11.6 Å². The van der Waals surface area contributed by atoms with Crippen LogP contribution in [0.1, 0.15) is 62.2 Å². The van der Waals surface area contributed by atoms with Crippen LogP contribution in [-0.2, 0) is 5.41 Å². The molecule has 0 radical (unpaired) electrons. The SMILES string of the molecule is CC(C)c1ccc(-n2nc(C(C)(C)C)cc2NC(=O)c2cncc3cc(Oc4cc(N=[N+]=[N-])ncn4)ccc23)cc1. The summed E-state index contributed by atoms with van der Waals surface area (Å²) in [6, 6.07) is 16.8. The van der Waals surface area contributed by atoms with Gasteiger partial charge in [-0.2, -0.15) is 5.10 Å². The van der Waals surface area contributed by atoms with Gasteiger partial charge in [-0.1, -0.05) is 46.8 Å². The number of carbonyl (C=O) groups is 1. The molecule has 0 unspecified atom stereocenters. The van der Waals surface area contributed by atoms with Crippen LogP contribution in [0.2, 0.25) is 0 Å². The number of fused-ring (bicyclic) bond motifs is 1. The zero-order valence-corrected chi connectivity index (χ0v) is 23.4. The summed E-state index contributed by atoms with van der Waals surface area (Å²) in [4.78, 5) is 28.5. The molecule has 11 heteroatoms. The molecule has 41 heavy (non-hydrogen) atoms. The van der Waals surface area contributed by atoms with Crippen molar-refractivity contribution in [2.75, 3.05) is 5.32 Å². The molecule has 206 valence electrons. The van der Waals surface area contributed by atoms with Crippen molar-refractivity contribution >= 4 is 28.3 Å². The molecular weight excluding hydrogens is 518 g/mol. The maximum atomic E-state index is 13.6. The van der Waals surface area contributed by atoms with Crippen molar-refractivity contribution in [2.45, 2.75) is 46.0 Å². The van der Waals surface area contributed by atoms with E-state index in [1.54, 1.807) is 29.1 Å². The highest BCUT2D eigenvalue weighted by Crippen LogP contribution is 2.30. The van der Waals surface area contributed by atoms with Crippen LogP contribution in [0, 0.1) is 0 Å². The van der Waals surface area contributed by atoms with Crippen molar-refractivity contribution in [1.82, 2.24) is 24.7 Å². The summed E-state index contributed by atoms with van der Waals surface area (Å²) >= 11 is 0. The molecule has 0 spiro atoms. The van der Waals surface area contributed by atoms with Gasteiger partial charge in [0.1, 0.15) is 23.7 Å². The Hall–Kier alpha value is -5.28. The second kappa shape index (κ2) is 11.1. The highest BCUT2D eigenvalue weighted by molar-refractivity contribution is 6.12. The van der Waals surface area contributed by atoms with E-state index in [1.165, 1.54) is 24.2 Å². The first kappa shape index (κ1) is 27.3. The van der Waals surface area contributed by atoms with Gasteiger partial charge in [-0.15, -0.1) is 0 Å². The lowest BCUT2D eigenvalue weighted by molar-refractivity contribution is 0.102. The van der Waals surface area contributed by atoms with E-state index in [4.69, 9.17) is 15.4 Å².